The molecule has 1 aromatic rings. The van der Waals surface area contributed by atoms with Crippen LogP contribution in [0.15, 0.2) is 18.3 Å². The van der Waals surface area contributed by atoms with Gasteiger partial charge < -0.3 is 10.6 Å². The summed E-state index contributed by atoms with van der Waals surface area (Å²) in [4.78, 5) is 16.1. The Hall–Kier alpha value is -1.58. The third-order valence-electron chi connectivity index (χ3n) is 4.19. The Kier molecular flexibility index (Phi) is 4.19. The van der Waals surface area contributed by atoms with E-state index >= 15 is 0 Å². The molecule has 4 heteroatoms. The summed E-state index contributed by atoms with van der Waals surface area (Å²) in [6.45, 7) is 0. The minimum atomic E-state index is 0.135. The van der Waals surface area contributed by atoms with Crippen molar-refractivity contribution >= 4 is 17.4 Å². The SMILES string of the molecule is O=C(Nc1ccc(NC2CCCCCC2)nc1)C1CC1. The lowest BCUT2D eigenvalue weighted by atomic mass is 10.1. The molecule has 2 fully saturated rings. The van der Waals surface area contributed by atoms with Gasteiger partial charge in [0.05, 0.1) is 11.9 Å². The van der Waals surface area contributed by atoms with Gasteiger partial charge in [-0.25, -0.2) is 4.98 Å². The first-order chi connectivity index (χ1) is 9.81. The van der Waals surface area contributed by atoms with Crippen LogP contribution in [0.25, 0.3) is 0 Å². The van der Waals surface area contributed by atoms with Crippen LogP contribution in [0.1, 0.15) is 51.4 Å². The van der Waals surface area contributed by atoms with Crippen molar-refractivity contribution in [1.82, 2.24) is 4.98 Å². The summed E-state index contributed by atoms with van der Waals surface area (Å²) < 4.78 is 0. The predicted octanol–water partition coefficient (Wildman–Crippen LogP) is 3.56. The second-order valence-electron chi connectivity index (χ2n) is 6.03. The van der Waals surface area contributed by atoms with Gasteiger partial charge in [0.25, 0.3) is 0 Å². The summed E-state index contributed by atoms with van der Waals surface area (Å²) in [5.74, 6) is 1.29. The van der Waals surface area contributed by atoms with Crippen molar-refractivity contribution < 1.29 is 4.79 Å². The van der Waals surface area contributed by atoms with E-state index in [1.54, 1.807) is 6.20 Å². The van der Waals surface area contributed by atoms with E-state index in [4.69, 9.17) is 0 Å². The molecule has 1 aromatic heterocycles. The van der Waals surface area contributed by atoms with E-state index in [-0.39, 0.29) is 11.8 Å². The Morgan fingerprint density at radius 3 is 2.40 bits per heavy atom. The van der Waals surface area contributed by atoms with E-state index in [2.05, 4.69) is 15.6 Å². The van der Waals surface area contributed by atoms with Gasteiger partial charge in [0.1, 0.15) is 5.82 Å². The maximum absolute atomic E-state index is 11.7. The molecule has 0 aliphatic heterocycles. The first-order valence-electron chi connectivity index (χ1n) is 7.85. The Bertz CT molecular complexity index is 445. The zero-order chi connectivity index (χ0) is 13.8. The summed E-state index contributed by atoms with van der Waals surface area (Å²) in [5, 5.41) is 6.43. The number of hydrogen-bond acceptors (Lipinski definition) is 3. The van der Waals surface area contributed by atoms with E-state index in [1.165, 1.54) is 38.5 Å². The molecule has 0 atom stereocenters. The van der Waals surface area contributed by atoms with Gasteiger partial charge in [0.2, 0.25) is 5.91 Å². The first kappa shape index (κ1) is 13.4. The number of aromatic nitrogens is 1. The van der Waals surface area contributed by atoms with Gasteiger partial charge >= 0.3 is 0 Å². The molecule has 3 rings (SSSR count). The number of nitrogens with zero attached hydrogens (tertiary/aromatic N) is 1. The number of amides is 1. The molecular formula is C16H23N3O. The minimum Gasteiger partial charge on any atom is -0.367 e. The average Bonchev–Trinajstić information content (AvgIpc) is 3.28. The Balaban J connectivity index is 1.53. The quantitative estimate of drug-likeness (QED) is 0.825. The molecule has 1 heterocycles. The molecule has 2 N–H and O–H groups in total. The predicted molar refractivity (Wildman–Crippen MR) is 80.7 cm³/mol. The lowest BCUT2D eigenvalue weighted by Crippen LogP contribution is -2.19. The fourth-order valence-corrected chi connectivity index (χ4v) is 2.78. The van der Waals surface area contributed by atoms with E-state index in [9.17, 15) is 4.79 Å². The van der Waals surface area contributed by atoms with E-state index in [0.29, 0.717) is 6.04 Å². The lowest BCUT2D eigenvalue weighted by molar-refractivity contribution is -0.117. The molecule has 2 aliphatic rings. The zero-order valence-corrected chi connectivity index (χ0v) is 11.9. The number of hydrogen-bond donors (Lipinski definition) is 2. The highest BCUT2D eigenvalue weighted by Crippen LogP contribution is 2.30. The van der Waals surface area contributed by atoms with Crippen LogP contribution in [0, 0.1) is 5.92 Å². The summed E-state index contributed by atoms with van der Waals surface area (Å²) in [5.41, 5.74) is 0.799. The molecule has 1 amide bonds. The van der Waals surface area contributed by atoms with Crippen molar-refractivity contribution in [2.24, 2.45) is 5.92 Å². The molecule has 0 unspecified atom stereocenters. The Morgan fingerprint density at radius 1 is 1.05 bits per heavy atom. The second kappa shape index (κ2) is 6.25. The average molecular weight is 273 g/mol. The smallest absolute Gasteiger partial charge is 0.227 e. The van der Waals surface area contributed by atoms with E-state index in [0.717, 1.165) is 24.3 Å². The summed E-state index contributed by atoms with van der Waals surface area (Å²) in [7, 11) is 0. The molecule has 0 bridgehead atoms. The van der Waals surface area contributed by atoms with Crippen LogP contribution in [0.2, 0.25) is 0 Å². The van der Waals surface area contributed by atoms with E-state index in [1.807, 2.05) is 12.1 Å². The third-order valence-corrected chi connectivity index (χ3v) is 4.19. The highest BCUT2D eigenvalue weighted by molar-refractivity contribution is 5.93. The van der Waals surface area contributed by atoms with Crippen molar-refractivity contribution in [1.29, 1.82) is 0 Å². The van der Waals surface area contributed by atoms with Crippen LogP contribution < -0.4 is 10.6 Å². The number of anilines is 2. The Labute approximate surface area is 120 Å². The maximum atomic E-state index is 11.7. The standard InChI is InChI=1S/C16H23N3O/c20-16(12-7-8-12)19-14-9-10-15(17-11-14)18-13-5-3-1-2-4-6-13/h9-13H,1-8H2,(H,17,18)(H,19,20). The molecule has 0 saturated heterocycles. The second-order valence-corrected chi connectivity index (χ2v) is 6.03. The van der Waals surface area contributed by atoms with Gasteiger partial charge in [-0.1, -0.05) is 25.7 Å². The Morgan fingerprint density at radius 2 is 1.80 bits per heavy atom. The van der Waals surface area contributed by atoms with Gasteiger partial charge in [-0.3, -0.25) is 4.79 Å². The van der Waals surface area contributed by atoms with Crippen LogP contribution in [0.5, 0.6) is 0 Å². The molecule has 0 spiro atoms. The van der Waals surface area contributed by atoms with Gasteiger partial charge in [-0.2, -0.15) is 0 Å². The molecular weight excluding hydrogens is 250 g/mol. The molecule has 4 nitrogen and oxygen atoms in total. The fourth-order valence-electron chi connectivity index (χ4n) is 2.78. The molecule has 0 radical (unpaired) electrons. The van der Waals surface area contributed by atoms with Crippen molar-refractivity contribution in [2.45, 2.75) is 57.4 Å². The highest BCUT2D eigenvalue weighted by Gasteiger charge is 2.29. The van der Waals surface area contributed by atoms with Crippen LogP contribution in [0.3, 0.4) is 0 Å². The van der Waals surface area contributed by atoms with Crippen LogP contribution in [-0.4, -0.2) is 16.9 Å². The minimum absolute atomic E-state index is 0.135. The normalized spacial score (nSPS) is 20.2. The van der Waals surface area contributed by atoms with Crippen molar-refractivity contribution in [3.05, 3.63) is 18.3 Å². The number of carbonyl (C=O) groups is 1. The van der Waals surface area contributed by atoms with Crippen molar-refractivity contribution in [3.63, 3.8) is 0 Å². The van der Waals surface area contributed by atoms with Gasteiger partial charge in [0, 0.05) is 12.0 Å². The topological polar surface area (TPSA) is 54.0 Å². The number of carbonyl (C=O) groups excluding carboxylic acids is 1. The molecule has 20 heavy (non-hydrogen) atoms. The third kappa shape index (κ3) is 3.71. The van der Waals surface area contributed by atoms with Crippen molar-refractivity contribution in [2.75, 3.05) is 10.6 Å². The summed E-state index contributed by atoms with van der Waals surface area (Å²) >= 11 is 0. The van der Waals surface area contributed by atoms with Crippen LogP contribution in [-0.2, 0) is 4.79 Å². The van der Waals surface area contributed by atoms with Gasteiger partial charge in [-0.15, -0.1) is 0 Å². The first-order valence-corrected chi connectivity index (χ1v) is 7.85. The monoisotopic (exact) mass is 273 g/mol. The van der Waals surface area contributed by atoms with Crippen LogP contribution >= 0.6 is 0 Å². The van der Waals surface area contributed by atoms with Gasteiger partial charge in [-0.05, 0) is 37.8 Å². The number of nitrogens with one attached hydrogen (secondary N) is 2. The fraction of sp³-hybridized carbons (Fsp3) is 0.625. The number of pyridine rings is 1. The molecule has 108 valence electrons. The largest absolute Gasteiger partial charge is 0.367 e. The van der Waals surface area contributed by atoms with Gasteiger partial charge in [0.15, 0.2) is 0 Å². The summed E-state index contributed by atoms with van der Waals surface area (Å²) in [6, 6.07) is 4.46. The van der Waals surface area contributed by atoms with E-state index < -0.39 is 0 Å². The molecule has 2 aliphatic carbocycles. The molecule has 0 aromatic carbocycles. The van der Waals surface area contributed by atoms with Crippen LogP contribution in [0.4, 0.5) is 11.5 Å². The molecule has 2 saturated carbocycles. The van der Waals surface area contributed by atoms with Crippen molar-refractivity contribution in [3.8, 4) is 0 Å². The lowest BCUT2D eigenvalue weighted by Gasteiger charge is -2.17. The number of rotatable bonds is 4. The summed E-state index contributed by atoms with van der Waals surface area (Å²) in [6.07, 6.45) is 11.6. The zero-order valence-electron chi connectivity index (χ0n) is 11.9. The maximum Gasteiger partial charge on any atom is 0.227 e. The highest BCUT2D eigenvalue weighted by atomic mass is 16.2.